The molecule has 1 fully saturated rings. The summed E-state index contributed by atoms with van der Waals surface area (Å²) in [5, 5.41) is 11.5. The molecule has 1 aliphatic heterocycles. The Morgan fingerprint density at radius 1 is 1.23 bits per heavy atom. The number of sulfonamides is 1. The largest absolute Gasteiger partial charge is 0.390 e. The molecule has 0 bridgehead atoms. The zero-order valence-corrected chi connectivity index (χ0v) is 16.2. The van der Waals surface area contributed by atoms with Gasteiger partial charge in [0.05, 0.1) is 12.4 Å². The summed E-state index contributed by atoms with van der Waals surface area (Å²) in [5.41, 5.74) is 0. The predicted octanol–water partition coefficient (Wildman–Crippen LogP) is 2.74. The van der Waals surface area contributed by atoms with Crippen molar-refractivity contribution in [3.05, 3.63) is 42.4 Å². The molecule has 0 amide bonds. The van der Waals surface area contributed by atoms with Gasteiger partial charge in [-0.05, 0) is 38.1 Å². The smallest absolute Gasteiger partial charge is 0.241 e. The summed E-state index contributed by atoms with van der Waals surface area (Å²) in [6.07, 6.45) is 2.63. The molecule has 2 aromatic carbocycles. The number of nitrogens with one attached hydrogen (secondary N) is 1. The Labute approximate surface area is 157 Å². The highest BCUT2D eigenvalue weighted by atomic mass is 32.2. The number of aliphatic hydroxyl groups excluding tert-OH is 1. The van der Waals surface area contributed by atoms with Gasteiger partial charge in [-0.3, -0.25) is 4.90 Å². The van der Waals surface area contributed by atoms with Crippen molar-refractivity contribution in [2.45, 2.75) is 56.2 Å². The zero-order valence-electron chi connectivity index (χ0n) is 16.4. The SMILES string of the molecule is [3H]c1ccc(S(=O)(=O)NC[C@@H](O)CN2[C@H](C)CCC[C@@H]2C)c2ccccc12. The molecule has 0 aromatic heterocycles. The van der Waals surface area contributed by atoms with Crippen molar-refractivity contribution in [3.8, 4) is 0 Å². The number of aliphatic hydroxyl groups is 1. The maximum atomic E-state index is 12.8. The second-order valence-corrected chi connectivity index (χ2v) is 8.95. The minimum atomic E-state index is -3.78. The normalized spacial score (nSPS) is 23.7. The topological polar surface area (TPSA) is 69.6 Å². The van der Waals surface area contributed by atoms with Gasteiger partial charge in [-0.15, -0.1) is 0 Å². The van der Waals surface area contributed by atoms with E-state index in [1.54, 1.807) is 24.3 Å². The first-order valence-electron chi connectivity index (χ1n) is 9.71. The van der Waals surface area contributed by atoms with E-state index in [-0.39, 0.29) is 17.5 Å². The Hall–Kier alpha value is -1.47. The lowest BCUT2D eigenvalue weighted by molar-refractivity contribution is 0.0438. The molecule has 0 spiro atoms. The summed E-state index contributed by atoms with van der Waals surface area (Å²) in [4.78, 5) is 2.40. The molecular formula is C20H28N2O3S. The maximum Gasteiger partial charge on any atom is 0.241 e. The third kappa shape index (κ3) is 4.26. The minimum Gasteiger partial charge on any atom is -0.390 e. The summed E-state index contributed by atoms with van der Waals surface area (Å²) in [6, 6.07) is 11.0. The summed E-state index contributed by atoms with van der Waals surface area (Å²) >= 11 is 0. The van der Waals surface area contributed by atoms with Gasteiger partial charge >= 0.3 is 0 Å². The van der Waals surface area contributed by atoms with Crippen molar-refractivity contribution in [1.82, 2.24) is 9.62 Å². The number of fused-ring (bicyclic) bond motifs is 1. The van der Waals surface area contributed by atoms with Gasteiger partial charge in [0.15, 0.2) is 0 Å². The number of rotatable bonds is 6. The van der Waals surface area contributed by atoms with Crippen LogP contribution in [0.15, 0.2) is 47.3 Å². The second kappa shape index (κ2) is 8.05. The molecule has 1 heterocycles. The molecule has 26 heavy (non-hydrogen) atoms. The Bertz CT molecular complexity index is 893. The first-order chi connectivity index (χ1) is 12.8. The molecule has 2 N–H and O–H groups in total. The number of benzene rings is 2. The van der Waals surface area contributed by atoms with Crippen LogP contribution in [0.25, 0.3) is 10.8 Å². The van der Waals surface area contributed by atoms with Crippen LogP contribution in [-0.2, 0) is 10.0 Å². The lowest BCUT2D eigenvalue weighted by atomic mass is 9.97. The highest BCUT2D eigenvalue weighted by molar-refractivity contribution is 7.89. The molecule has 2 aromatic rings. The van der Waals surface area contributed by atoms with Gasteiger partial charge in [0, 0.05) is 30.6 Å². The van der Waals surface area contributed by atoms with Gasteiger partial charge in [-0.25, -0.2) is 13.1 Å². The quantitative estimate of drug-likeness (QED) is 0.811. The number of piperidine rings is 1. The highest BCUT2D eigenvalue weighted by Crippen LogP contribution is 2.24. The van der Waals surface area contributed by atoms with Gasteiger partial charge in [0.25, 0.3) is 0 Å². The van der Waals surface area contributed by atoms with E-state index in [1.807, 2.05) is 0 Å². The van der Waals surface area contributed by atoms with E-state index in [2.05, 4.69) is 23.5 Å². The lowest BCUT2D eigenvalue weighted by Crippen LogP contribution is -2.49. The monoisotopic (exact) mass is 378 g/mol. The highest BCUT2D eigenvalue weighted by Gasteiger charge is 2.27. The molecule has 142 valence electrons. The van der Waals surface area contributed by atoms with Crippen LogP contribution in [0.5, 0.6) is 0 Å². The van der Waals surface area contributed by atoms with Crippen LogP contribution in [-0.4, -0.2) is 49.7 Å². The van der Waals surface area contributed by atoms with Crippen LogP contribution < -0.4 is 4.72 Å². The fourth-order valence-corrected chi connectivity index (χ4v) is 5.06. The average Bonchev–Trinajstić information content (AvgIpc) is 2.63. The Balaban J connectivity index is 1.71. The van der Waals surface area contributed by atoms with E-state index in [4.69, 9.17) is 1.37 Å². The molecule has 5 nitrogen and oxygen atoms in total. The van der Waals surface area contributed by atoms with Gasteiger partial charge in [0.1, 0.15) is 0 Å². The van der Waals surface area contributed by atoms with Crippen LogP contribution in [0, 0.1) is 0 Å². The van der Waals surface area contributed by atoms with Crippen molar-refractivity contribution in [2.75, 3.05) is 13.1 Å². The molecule has 6 heteroatoms. The fraction of sp³-hybridized carbons (Fsp3) is 0.500. The molecule has 0 saturated carbocycles. The molecule has 3 rings (SSSR count). The van der Waals surface area contributed by atoms with E-state index in [9.17, 15) is 13.5 Å². The first-order valence-corrected chi connectivity index (χ1v) is 10.7. The predicted molar refractivity (Wildman–Crippen MR) is 105 cm³/mol. The van der Waals surface area contributed by atoms with Gasteiger partial charge in [-0.1, -0.05) is 42.8 Å². The van der Waals surface area contributed by atoms with Crippen molar-refractivity contribution < 1.29 is 14.9 Å². The van der Waals surface area contributed by atoms with Crippen molar-refractivity contribution in [1.29, 1.82) is 0 Å². The average molecular weight is 379 g/mol. The fourth-order valence-electron chi connectivity index (χ4n) is 3.78. The molecule has 0 radical (unpaired) electrons. The third-order valence-corrected chi connectivity index (χ3v) is 6.74. The lowest BCUT2D eigenvalue weighted by Gasteiger charge is -2.40. The second-order valence-electron chi connectivity index (χ2n) is 7.22. The number of hydrogen-bond acceptors (Lipinski definition) is 4. The van der Waals surface area contributed by atoms with Crippen LogP contribution in [0.1, 0.15) is 34.5 Å². The minimum absolute atomic E-state index is 0.0325. The molecule has 1 saturated heterocycles. The zero-order chi connectivity index (χ0) is 19.6. The van der Waals surface area contributed by atoms with E-state index in [1.165, 1.54) is 18.6 Å². The third-order valence-electron chi connectivity index (χ3n) is 5.26. The van der Waals surface area contributed by atoms with Crippen LogP contribution in [0.2, 0.25) is 0 Å². The Morgan fingerprint density at radius 2 is 1.92 bits per heavy atom. The first kappa shape index (κ1) is 17.9. The van der Waals surface area contributed by atoms with E-state index in [0.29, 0.717) is 29.4 Å². The molecular weight excluding hydrogens is 348 g/mol. The molecule has 0 unspecified atom stereocenters. The van der Waals surface area contributed by atoms with E-state index in [0.717, 1.165) is 12.8 Å². The summed E-state index contributed by atoms with van der Waals surface area (Å²) in [5.74, 6) is 0. The van der Waals surface area contributed by atoms with Crippen LogP contribution >= 0.6 is 0 Å². The summed E-state index contributed by atoms with van der Waals surface area (Å²) in [7, 11) is -3.78. The summed E-state index contributed by atoms with van der Waals surface area (Å²) < 4.78 is 36.1. The van der Waals surface area contributed by atoms with Crippen molar-refractivity contribution >= 4 is 20.8 Å². The van der Waals surface area contributed by atoms with Gasteiger partial charge in [-0.2, -0.15) is 0 Å². The molecule has 1 aliphatic rings. The maximum absolute atomic E-state index is 12.8. The number of hydrogen-bond donors (Lipinski definition) is 2. The summed E-state index contributed by atoms with van der Waals surface area (Å²) in [6.45, 7) is 4.73. The number of nitrogens with zero attached hydrogens (tertiary/aromatic N) is 1. The Morgan fingerprint density at radius 3 is 2.65 bits per heavy atom. The Kier molecular flexibility index (Phi) is 5.55. The molecule has 3 atom stereocenters. The van der Waals surface area contributed by atoms with Crippen LogP contribution in [0.3, 0.4) is 0 Å². The van der Waals surface area contributed by atoms with Gasteiger partial charge in [0.2, 0.25) is 10.0 Å². The number of likely N-dealkylation sites (tertiary alicyclic amines) is 1. The number of β-amino-alcohol motifs (C(OH)–C–C–N with tert-alkyl or cyclic N) is 1. The standard InChI is InChI=1S/C20H28N2O3S/c1-15-7-5-8-16(2)22(15)14-18(23)13-21-26(24,25)20-12-6-10-17-9-3-4-11-19(17)20/h3-4,6,9-12,15-16,18,21,23H,5,7-8,13-14H2,1-2H3/t15-,16+,18-/m1/s1/i10T. The van der Waals surface area contributed by atoms with Crippen molar-refractivity contribution in [3.63, 3.8) is 0 Å². The van der Waals surface area contributed by atoms with Crippen molar-refractivity contribution in [2.24, 2.45) is 0 Å². The van der Waals surface area contributed by atoms with Gasteiger partial charge < -0.3 is 5.11 Å². The molecule has 0 aliphatic carbocycles. The van der Waals surface area contributed by atoms with Crippen LogP contribution in [0.4, 0.5) is 0 Å². The van der Waals surface area contributed by atoms with E-state index >= 15 is 0 Å². The van der Waals surface area contributed by atoms with E-state index < -0.39 is 16.1 Å².